The highest BCUT2D eigenvalue weighted by Crippen LogP contribution is 2.44. The highest BCUT2D eigenvalue weighted by molar-refractivity contribution is 5.73. The molecular weight excluding hydrogens is 418 g/mol. The molecule has 0 aliphatic rings. The van der Waals surface area contributed by atoms with Gasteiger partial charge in [-0.15, -0.1) is 5.10 Å². The number of alkyl halides is 3. The Kier molecular flexibility index (Phi) is 5.79. The molecule has 1 aromatic carbocycles. The summed E-state index contributed by atoms with van der Waals surface area (Å²) in [5, 5.41) is 18.1. The van der Waals surface area contributed by atoms with Crippen LogP contribution in [-0.4, -0.2) is 38.8 Å². The zero-order valence-electron chi connectivity index (χ0n) is 17.1. The number of halogens is 4. The smallest absolute Gasteiger partial charge is 0.418 e. The highest BCUT2D eigenvalue weighted by atomic mass is 19.4. The van der Waals surface area contributed by atoms with Crippen molar-refractivity contribution in [2.45, 2.75) is 44.0 Å². The van der Waals surface area contributed by atoms with E-state index in [4.69, 9.17) is 4.74 Å². The van der Waals surface area contributed by atoms with Crippen LogP contribution < -0.4 is 10.2 Å². The normalized spacial score (nSPS) is 14.5. The van der Waals surface area contributed by atoms with Crippen LogP contribution in [0.2, 0.25) is 0 Å². The van der Waals surface area contributed by atoms with Crippen molar-refractivity contribution in [3.8, 4) is 5.75 Å². The Bertz CT molecular complexity index is 1160. The Balaban J connectivity index is 2.08. The van der Waals surface area contributed by atoms with Crippen LogP contribution in [0.5, 0.6) is 5.75 Å². The van der Waals surface area contributed by atoms with Crippen LogP contribution in [0.25, 0.3) is 11.0 Å². The summed E-state index contributed by atoms with van der Waals surface area (Å²) < 4.78 is 62.5. The number of pyridine rings is 1. The minimum Gasteiger partial charge on any atom is -0.496 e. The fourth-order valence-electron chi connectivity index (χ4n) is 3.75. The fourth-order valence-corrected chi connectivity index (χ4v) is 3.75. The molecule has 0 saturated heterocycles. The number of hydrogen-bond acceptors (Lipinski definition) is 5. The number of benzene rings is 1. The summed E-state index contributed by atoms with van der Waals surface area (Å²) in [7, 11) is 1.33. The van der Waals surface area contributed by atoms with Crippen molar-refractivity contribution < 1.29 is 27.4 Å². The molecule has 1 unspecified atom stereocenters. The first-order valence-corrected chi connectivity index (χ1v) is 9.32. The predicted molar refractivity (Wildman–Crippen MR) is 105 cm³/mol. The average Bonchev–Trinajstić information content (AvgIpc) is 2.69. The van der Waals surface area contributed by atoms with E-state index in [9.17, 15) is 27.5 Å². The molecule has 31 heavy (non-hydrogen) atoms. The molecule has 0 aliphatic heterocycles. The van der Waals surface area contributed by atoms with Crippen LogP contribution >= 0.6 is 0 Å². The van der Waals surface area contributed by atoms with E-state index in [1.165, 1.54) is 45.5 Å². The van der Waals surface area contributed by atoms with Crippen molar-refractivity contribution in [3.05, 3.63) is 64.3 Å². The molecule has 0 aliphatic carbocycles. The van der Waals surface area contributed by atoms with Gasteiger partial charge in [0.15, 0.2) is 11.1 Å². The third-order valence-electron chi connectivity index (χ3n) is 5.23. The molecule has 2 aromatic heterocycles. The standard InChI is InChI=1S/C21H21F4N3O3/c1-19(2,14-10-13(22)4-5-17(14)31-3)11-20(30,21(23,24)25)12-28-9-7-16(29)18-15(28)6-8-26-27-18/h4-10,30H,11-12H2,1-3H3. The maximum Gasteiger partial charge on any atom is 0.418 e. The molecule has 2 heterocycles. The third kappa shape index (κ3) is 4.39. The monoisotopic (exact) mass is 439 g/mol. The second-order valence-corrected chi connectivity index (χ2v) is 8.01. The largest absolute Gasteiger partial charge is 0.496 e. The predicted octanol–water partition coefficient (Wildman–Crippen LogP) is 3.60. The van der Waals surface area contributed by atoms with Gasteiger partial charge >= 0.3 is 6.18 Å². The van der Waals surface area contributed by atoms with Gasteiger partial charge in [-0.25, -0.2) is 4.39 Å². The van der Waals surface area contributed by atoms with Gasteiger partial charge in [0.2, 0.25) is 5.43 Å². The highest BCUT2D eigenvalue weighted by Gasteiger charge is 2.56. The van der Waals surface area contributed by atoms with E-state index in [0.717, 1.165) is 22.8 Å². The first kappa shape index (κ1) is 22.7. The number of aromatic nitrogens is 3. The Hall–Kier alpha value is -3.01. The summed E-state index contributed by atoms with van der Waals surface area (Å²) in [5.41, 5.74) is -4.86. The fraction of sp³-hybridized carbons (Fsp3) is 0.381. The van der Waals surface area contributed by atoms with Crippen molar-refractivity contribution in [2.75, 3.05) is 7.11 Å². The van der Waals surface area contributed by atoms with E-state index < -0.39 is 41.4 Å². The second kappa shape index (κ2) is 7.92. The number of methoxy groups -OCH3 is 1. The van der Waals surface area contributed by atoms with Crippen LogP contribution in [0.1, 0.15) is 25.8 Å². The van der Waals surface area contributed by atoms with E-state index in [1.807, 2.05) is 0 Å². The SMILES string of the molecule is COc1ccc(F)cc1C(C)(C)CC(O)(Cn1ccc(=O)c2nnccc21)C(F)(F)F. The molecule has 1 atom stereocenters. The molecule has 166 valence electrons. The zero-order valence-corrected chi connectivity index (χ0v) is 17.1. The van der Waals surface area contributed by atoms with Crippen LogP contribution in [0.15, 0.2) is 47.5 Å². The number of ether oxygens (including phenoxy) is 1. The van der Waals surface area contributed by atoms with Gasteiger partial charge in [-0.3, -0.25) is 4.79 Å². The molecular formula is C21H21F4N3O3. The van der Waals surface area contributed by atoms with E-state index in [0.29, 0.717) is 0 Å². The molecule has 0 fully saturated rings. The quantitative estimate of drug-likeness (QED) is 0.594. The van der Waals surface area contributed by atoms with Crippen LogP contribution in [0.3, 0.4) is 0 Å². The Morgan fingerprint density at radius 3 is 2.52 bits per heavy atom. The first-order valence-electron chi connectivity index (χ1n) is 9.32. The van der Waals surface area contributed by atoms with Crippen molar-refractivity contribution >= 4 is 11.0 Å². The third-order valence-corrected chi connectivity index (χ3v) is 5.23. The van der Waals surface area contributed by atoms with Gasteiger partial charge in [-0.05, 0) is 36.1 Å². The van der Waals surface area contributed by atoms with E-state index >= 15 is 0 Å². The second-order valence-electron chi connectivity index (χ2n) is 8.01. The molecule has 6 nitrogen and oxygen atoms in total. The van der Waals surface area contributed by atoms with E-state index in [2.05, 4.69) is 10.2 Å². The van der Waals surface area contributed by atoms with Gasteiger partial charge in [-0.1, -0.05) is 13.8 Å². The number of nitrogens with zero attached hydrogens (tertiary/aromatic N) is 3. The number of hydrogen-bond donors (Lipinski definition) is 1. The van der Waals surface area contributed by atoms with Gasteiger partial charge in [0, 0.05) is 17.8 Å². The lowest BCUT2D eigenvalue weighted by Gasteiger charge is -2.39. The average molecular weight is 439 g/mol. The Morgan fingerprint density at radius 2 is 1.87 bits per heavy atom. The van der Waals surface area contributed by atoms with Gasteiger partial charge in [-0.2, -0.15) is 18.3 Å². The number of aliphatic hydroxyl groups is 1. The molecule has 3 aromatic rings. The molecule has 0 bridgehead atoms. The van der Waals surface area contributed by atoms with Gasteiger partial charge in [0.05, 0.1) is 25.4 Å². The molecule has 1 N–H and O–H groups in total. The molecule has 0 spiro atoms. The van der Waals surface area contributed by atoms with Gasteiger partial charge < -0.3 is 14.4 Å². The summed E-state index contributed by atoms with van der Waals surface area (Å²) in [6.07, 6.45) is -3.42. The minimum atomic E-state index is -5.03. The van der Waals surface area contributed by atoms with Gasteiger partial charge in [0.25, 0.3) is 0 Å². The maximum absolute atomic E-state index is 14.1. The molecule has 0 amide bonds. The molecule has 10 heteroatoms. The topological polar surface area (TPSA) is 77.2 Å². The summed E-state index contributed by atoms with van der Waals surface area (Å²) in [5.74, 6) is -0.426. The molecule has 0 radical (unpaired) electrons. The lowest BCUT2D eigenvalue weighted by molar-refractivity contribution is -0.271. The summed E-state index contributed by atoms with van der Waals surface area (Å²) in [6.45, 7) is 2.03. The summed E-state index contributed by atoms with van der Waals surface area (Å²) >= 11 is 0. The summed E-state index contributed by atoms with van der Waals surface area (Å²) in [4.78, 5) is 12.0. The number of fused-ring (bicyclic) bond motifs is 1. The minimum absolute atomic E-state index is 0.103. The maximum atomic E-state index is 14.1. The van der Waals surface area contributed by atoms with Crippen molar-refractivity contribution in [1.29, 1.82) is 0 Å². The van der Waals surface area contributed by atoms with E-state index in [1.54, 1.807) is 0 Å². The lowest BCUT2D eigenvalue weighted by Crippen LogP contribution is -2.52. The van der Waals surface area contributed by atoms with Crippen LogP contribution in [0.4, 0.5) is 17.6 Å². The zero-order chi connectivity index (χ0) is 23.0. The van der Waals surface area contributed by atoms with Crippen molar-refractivity contribution in [1.82, 2.24) is 14.8 Å². The Labute approximate surface area is 175 Å². The number of rotatable bonds is 6. The molecule has 0 saturated carbocycles. The van der Waals surface area contributed by atoms with Crippen molar-refractivity contribution in [2.24, 2.45) is 0 Å². The van der Waals surface area contributed by atoms with Gasteiger partial charge in [0.1, 0.15) is 11.6 Å². The first-order chi connectivity index (χ1) is 14.4. The van der Waals surface area contributed by atoms with Crippen LogP contribution in [-0.2, 0) is 12.0 Å². The lowest BCUT2D eigenvalue weighted by atomic mass is 9.74. The Morgan fingerprint density at radius 1 is 1.16 bits per heavy atom. The summed E-state index contributed by atoms with van der Waals surface area (Å²) in [6, 6.07) is 5.98. The molecule has 3 rings (SSSR count). The van der Waals surface area contributed by atoms with E-state index in [-0.39, 0.29) is 22.3 Å². The van der Waals surface area contributed by atoms with Crippen LogP contribution in [0, 0.1) is 5.82 Å². The van der Waals surface area contributed by atoms with Crippen molar-refractivity contribution in [3.63, 3.8) is 0 Å².